The van der Waals surface area contributed by atoms with E-state index in [9.17, 15) is 14.9 Å². The first-order chi connectivity index (χ1) is 19.4. The quantitative estimate of drug-likeness (QED) is 0.302. The molecule has 3 heterocycles. The highest BCUT2D eigenvalue weighted by molar-refractivity contribution is 5.99. The molecule has 0 bridgehead atoms. The molecule has 6 rings (SSSR count). The van der Waals surface area contributed by atoms with Crippen LogP contribution in [0.5, 0.6) is 5.88 Å². The highest BCUT2D eigenvalue weighted by Crippen LogP contribution is 2.37. The number of benzene rings is 2. The number of hydrogen-bond donors (Lipinski definition) is 2. The number of amides is 2. The summed E-state index contributed by atoms with van der Waals surface area (Å²) in [5.74, 6) is 0.0598. The van der Waals surface area contributed by atoms with Crippen LogP contribution in [0.2, 0.25) is 0 Å². The fraction of sp³-hybridized carbons (Fsp3) is 0.214. The van der Waals surface area contributed by atoms with Gasteiger partial charge in [0.15, 0.2) is 0 Å². The summed E-state index contributed by atoms with van der Waals surface area (Å²) in [6.07, 6.45) is 1.05. The zero-order valence-electron chi connectivity index (χ0n) is 21.6. The zero-order chi connectivity index (χ0) is 27.9. The molecule has 3 aromatic heterocycles. The number of para-hydroxylation sites is 1. The van der Waals surface area contributed by atoms with Gasteiger partial charge < -0.3 is 29.0 Å². The third-order valence-electron chi connectivity index (χ3n) is 6.83. The van der Waals surface area contributed by atoms with Gasteiger partial charge in [-0.1, -0.05) is 35.5 Å². The molecule has 0 unspecified atom stereocenters. The van der Waals surface area contributed by atoms with Crippen LogP contribution in [0.15, 0.2) is 63.6 Å². The average Bonchev–Trinajstić information content (AvgIpc) is 3.30. The van der Waals surface area contributed by atoms with Gasteiger partial charge in [-0.3, -0.25) is 9.59 Å². The third-order valence-corrected chi connectivity index (χ3v) is 6.83. The maximum atomic E-state index is 12.9. The third kappa shape index (κ3) is 4.33. The molecule has 1 fully saturated rings. The lowest BCUT2D eigenvalue weighted by Gasteiger charge is -2.16. The van der Waals surface area contributed by atoms with Crippen molar-refractivity contribution in [1.82, 2.24) is 30.5 Å². The van der Waals surface area contributed by atoms with E-state index in [1.54, 1.807) is 6.92 Å². The van der Waals surface area contributed by atoms with E-state index < -0.39 is 11.4 Å². The summed E-state index contributed by atoms with van der Waals surface area (Å²) in [5, 5.41) is 24.1. The van der Waals surface area contributed by atoms with E-state index in [2.05, 4.69) is 32.0 Å². The molecule has 12 heteroatoms. The van der Waals surface area contributed by atoms with Crippen LogP contribution in [0, 0.1) is 18.3 Å². The maximum Gasteiger partial charge on any atom is 0.290 e. The molecule has 2 amide bonds. The van der Waals surface area contributed by atoms with E-state index in [1.165, 1.54) is 13.2 Å². The van der Waals surface area contributed by atoms with E-state index in [0.717, 1.165) is 22.2 Å². The summed E-state index contributed by atoms with van der Waals surface area (Å²) in [6, 6.07) is 18.8. The summed E-state index contributed by atoms with van der Waals surface area (Å²) < 4.78 is 17.0. The van der Waals surface area contributed by atoms with Crippen molar-refractivity contribution in [3.05, 3.63) is 77.4 Å². The van der Waals surface area contributed by atoms with Gasteiger partial charge in [0.05, 0.1) is 24.3 Å². The summed E-state index contributed by atoms with van der Waals surface area (Å²) >= 11 is 0. The summed E-state index contributed by atoms with van der Waals surface area (Å²) in [6.45, 7) is 1.96. The predicted octanol–water partition coefficient (Wildman–Crippen LogP) is 3.44. The minimum Gasteiger partial charge on any atom is -0.479 e. The molecule has 12 nitrogen and oxygen atoms in total. The lowest BCUT2D eigenvalue weighted by molar-refractivity contribution is -0.124. The van der Waals surface area contributed by atoms with Crippen molar-refractivity contribution in [2.45, 2.75) is 31.8 Å². The number of nitriles is 1. The Balaban J connectivity index is 1.21. The minimum absolute atomic E-state index is 0.0287. The molecule has 2 N–H and O–H groups in total. The normalized spacial score (nSPS) is 13.5. The Labute approximate surface area is 227 Å². The molecular weight excluding hydrogens is 514 g/mol. The zero-order valence-corrected chi connectivity index (χ0v) is 21.6. The second-order valence-corrected chi connectivity index (χ2v) is 9.44. The second kappa shape index (κ2) is 9.70. The van der Waals surface area contributed by atoms with Gasteiger partial charge in [-0.25, -0.2) is 0 Å². The summed E-state index contributed by atoms with van der Waals surface area (Å²) in [7, 11) is 1.42. The van der Waals surface area contributed by atoms with Crippen LogP contribution in [0.3, 0.4) is 0 Å². The minimum atomic E-state index is -0.980. The Morgan fingerprint density at radius 3 is 2.55 bits per heavy atom. The van der Waals surface area contributed by atoms with E-state index >= 15 is 0 Å². The number of rotatable bonds is 8. The van der Waals surface area contributed by atoms with E-state index in [-0.39, 0.29) is 24.1 Å². The van der Waals surface area contributed by atoms with Gasteiger partial charge in [-0.15, -0.1) is 0 Å². The number of fused-ring (bicyclic) bond motifs is 1. The van der Waals surface area contributed by atoms with Crippen molar-refractivity contribution in [1.29, 1.82) is 5.26 Å². The molecule has 0 saturated heterocycles. The van der Waals surface area contributed by atoms with Gasteiger partial charge in [-0.05, 0) is 41.8 Å². The molecule has 0 radical (unpaired) electrons. The van der Waals surface area contributed by atoms with Crippen LogP contribution in [0.25, 0.3) is 28.1 Å². The first-order valence-electron chi connectivity index (χ1n) is 12.5. The summed E-state index contributed by atoms with van der Waals surface area (Å²) in [5.41, 5.74) is 2.48. The molecule has 0 spiro atoms. The Kier molecular flexibility index (Phi) is 6.03. The van der Waals surface area contributed by atoms with E-state index in [1.807, 2.05) is 53.1 Å². The number of carbonyl (C=O) groups is 2. The van der Waals surface area contributed by atoms with Crippen molar-refractivity contribution < 1.29 is 23.4 Å². The van der Waals surface area contributed by atoms with Gasteiger partial charge in [0.25, 0.3) is 11.8 Å². The van der Waals surface area contributed by atoms with Crippen LogP contribution >= 0.6 is 0 Å². The fourth-order valence-electron chi connectivity index (χ4n) is 4.62. The molecule has 1 saturated carbocycles. The highest BCUT2D eigenvalue weighted by Gasteiger charge is 2.51. The molecule has 5 aromatic rings. The Bertz CT molecular complexity index is 1790. The number of aryl methyl sites for hydroxylation is 1. The van der Waals surface area contributed by atoms with Crippen molar-refractivity contribution in [2.24, 2.45) is 0 Å². The molecule has 1 aliphatic carbocycles. The Morgan fingerprint density at radius 1 is 1.12 bits per heavy atom. The van der Waals surface area contributed by atoms with E-state index in [4.69, 9.17) is 13.8 Å². The lowest BCUT2D eigenvalue weighted by atomic mass is 10.1. The van der Waals surface area contributed by atoms with Crippen LogP contribution in [0.1, 0.15) is 40.4 Å². The fourth-order valence-corrected chi connectivity index (χ4v) is 4.62. The number of carbonyl (C=O) groups excluding carboxylic acids is 2. The Hall–Kier alpha value is -5.44. The molecule has 0 aliphatic heterocycles. The largest absolute Gasteiger partial charge is 0.479 e. The number of hydrogen-bond acceptors (Lipinski definition) is 9. The molecule has 200 valence electrons. The predicted molar refractivity (Wildman–Crippen MR) is 140 cm³/mol. The number of methoxy groups -OCH3 is 1. The SMILES string of the molecule is COc1cc(C(=O)NC2(C(=O)NCc3ccc(-n4c(-c5noc(C)n5)c(C#N)c5ccccc54)cc3)CC2)on1. The van der Waals surface area contributed by atoms with Gasteiger partial charge in [-0.2, -0.15) is 10.2 Å². The number of nitrogens with one attached hydrogen (secondary N) is 2. The number of aromatic nitrogens is 4. The van der Waals surface area contributed by atoms with Crippen LogP contribution in [0.4, 0.5) is 0 Å². The van der Waals surface area contributed by atoms with Gasteiger partial charge in [0, 0.05) is 24.5 Å². The van der Waals surface area contributed by atoms with E-state index in [0.29, 0.717) is 35.8 Å². The molecular formula is C28H23N7O5. The second-order valence-electron chi connectivity index (χ2n) is 9.44. The van der Waals surface area contributed by atoms with Crippen molar-refractivity contribution in [2.75, 3.05) is 7.11 Å². The topological polar surface area (TPSA) is 161 Å². The lowest BCUT2D eigenvalue weighted by Crippen LogP contribution is -2.48. The number of nitrogens with zero attached hydrogens (tertiary/aromatic N) is 5. The molecule has 2 aromatic carbocycles. The van der Waals surface area contributed by atoms with Crippen LogP contribution < -0.4 is 15.4 Å². The van der Waals surface area contributed by atoms with Crippen LogP contribution in [-0.4, -0.2) is 44.3 Å². The smallest absolute Gasteiger partial charge is 0.290 e. The first kappa shape index (κ1) is 24.9. The van der Waals surface area contributed by atoms with Crippen molar-refractivity contribution in [3.63, 3.8) is 0 Å². The Morgan fingerprint density at radius 2 is 1.90 bits per heavy atom. The van der Waals surface area contributed by atoms with Gasteiger partial charge >= 0.3 is 0 Å². The van der Waals surface area contributed by atoms with Crippen molar-refractivity contribution >= 4 is 22.7 Å². The van der Waals surface area contributed by atoms with Gasteiger partial charge in [0.1, 0.15) is 17.3 Å². The average molecular weight is 538 g/mol. The first-order valence-corrected chi connectivity index (χ1v) is 12.5. The molecule has 1 aliphatic rings. The number of ether oxygens (including phenoxy) is 1. The summed E-state index contributed by atoms with van der Waals surface area (Å²) in [4.78, 5) is 29.8. The standard InChI is InChI=1S/C28H23N7O5/c1-16-31-25(34-39-16)24-20(14-29)19-5-3-4-6-21(19)35(24)18-9-7-17(8-10-18)15-30-27(37)28(11-12-28)32-26(36)22-13-23(38-2)33-40-22/h3-10,13H,11-12,15H2,1-2H3,(H,30,37)(H,32,36). The molecule has 40 heavy (non-hydrogen) atoms. The van der Waals surface area contributed by atoms with Crippen LogP contribution in [-0.2, 0) is 11.3 Å². The van der Waals surface area contributed by atoms with Crippen molar-refractivity contribution in [3.8, 4) is 29.2 Å². The monoisotopic (exact) mass is 537 g/mol. The van der Waals surface area contributed by atoms with Gasteiger partial charge in [0.2, 0.25) is 23.4 Å². The molecule has 0 atom stereocenters. The maximum absolute atomic E-state index is 12.9. The highest BCUT2D eigenvalue weighted by atomic mass is 16.5.